The molecule has 1 amide bonds. The molecule has 0 aliphatic heterocycles. The van der Waals surface area contributed by atoms with Crippen molar-refractivity contribution in [2.75, 3.05) is 5.32 Å². The molecule has 1 aromatic heterocycles. The van der Waals surface area contributed by atoms with Crippen molar-refractivity contribution in [3.63, 3.8) is 0 Å². The molecular formula is C21H27N5O. The van der Waals surface area contributed by atoms with E-state index in [0.717, 1.165) is 37.8 Å². The number of hydrogen-bond acceptors (Lipinski definition) is 4. The molecule has 4 aliphatic rings. The number of amides is 1. The van der Waals surface area contributed by atoms with Gasteiger partial charge in [0.15, 0.2) is 5.82 Å². The molecule has 6 rings (SSSR count). The SMILES string of the molecule is Cc1cc(C)cc(NC(=O)C23C[C@H]4C[C@H](C2)CC(n2nnc(C)n2)(C4)C3)c1. The number of nitrogens with one attached hydrogen (secondary N) is 1. The standard InChI is InChI=1S/C21H27N5O/c1-13-4-14(2)6-18(5-13)22-19(27)20-8-16-7-17(9-20)11-21(10-16,12-20)26-24-15(3)23-25-26/h4-6,16-17H,7-12H2,1-3H3,(H,22,27)/t16-,17-,20?,21?/m1/s1. The smallest absolute Gasteiger partial charge is 0.230 e. The van der Waals surface area contributed by atoms with Gasteiger partial charge in [-0.25, -0.2) is 0 Å². The molecular weight excluding hydrogens is 338 g/mol. The number of nitrogens with zero attached hydrogens (tertiary/aromatic N) is 4. The number of carbonyl (C=O) groups is 1. The Labute approximate surface area is 159 Å². The van der Waals surface area contributed by atoms with Crippen molar-refractivity contribution >= 4 is 11.6 Å². The van der Waals surface area contributed by atoms with Crippen LogP contribution in [0.25, 0.3) is 0 Å². The molecule has 4 bridgehead atoms. The van der Waals surface area contributed by atoms with Gasteiger partial charge in [0.2, 0.25) is 5.91 Å². The van der Waals surface area contributed by atoms with Crippen LogP contribution in [0.3, 0.4) is 0 Å². The molecule has 6 nitrogen and oxygen atoms in total. The molecule has 1 N–H and O–H groups in total. The van der Waals surface area contributed by atoms with E-state index in [9.17, 15) is 4.79 Å². The highest BCUT2D eigenvalue weighted by atomic mass is 16.2. The van der Waals surface area contributed by atoms with Crippen molar-refractivity contribution in [2.45, 2.75) is 64.8 Å². The second-order valence-corrected chi connectivity index (χ2v) is 9.42. The first-order valence-electron chi connectivity index (χ1n) is 10.0. The van der Waals surface area contributed by atoms with E-state index >= 15 is 0 Å². The minimum atomic E-state index is -0.302. The monoisotopic (exact) mass is 365 g/mol. The van der Waals surface area contributed by atoms with Crippen molar-refractivity contribution < 1.29 is 4.79 Å². The first kappa shape index (κ1) is 16.9. The number of carbonyl (C=O) groups excluding carboxylic acids is 1. The third-order valence-corrected chi connectivity index (χ3v) is 6.93. The van der Waals surface area contributed by atoms with Gasteiger partial charge in [0.25, 0.3) is 0 Å². The summed E-state index contributed by atoms with van der Waals surface area (Å²) in [5.74, 6) is 2.06. The van der Waals surface area contributed by atoms with E-state index in [1.165, 1.54) is 17.5 Å². The molecule has 2 atom stereocenters. The number of tetrazole rings is 1. The zero-order chi connectivity index (χ0) is 18.8. The summed E-state index contributed by atoms with van der Waals surface area (Å²) in [5, 5.41) is 16.3. The van der Waals surface area contributed by atoms with Gasteiger partial charge in [0.1, 0.15) is 0 Å². The summed E-state index contributed by atoms with van der Waals surface area (Å²) in [6.07, 6.45) is 6.23. The molecule has 4 fully saturated rings. The Bertz CT molecular complexity index is 883. The highest BCUT2D eigenvalue weighted by molar-refractivity contribution is 5.96. The van der Waals surface area contributed by atoms with Crippen molar-refractivity contribution in [3.8, 4) is 0 Å². The summed E-state index contributed by atoms with van der Waals surface area (Å²) in [7, 11) is 0. The third kappa shape index (κ3) is 2.68. The zero-order valence-corrected chi connectivity index (χ0v) is 16.3. The van der Waals surface area contributed by atoms with Crippen molar-refractivity contribution in [1.82, 2.24) is 20.2 Å². The Morgan fingerprint density at radius 3 is 2.33 bits per heavy atom. The summed E-state index contributed by atoms with van der Waals surface area (Å²) in [6.45, 7) is 6.02. The average Bonchev–Trinajstić information content (AvgIpc) is 3.00. The predicted molar refractivity (Wildman–Crippen MR) is 102 cm³/mol. The minimum Gasteiger partial charge on any atom is -0.326 e. The van der Waals surface area contributed by atoms with Crippen LogP contribution in [0.1, 0.15) is 55.5 Å². The van der Waals surface area contributed by atoms with Crippen LogP contribution >= 0.6 is 0 Å². The number of benzene rings is 1. The van der Waals surface area contributed by atoms with Crippen molar-refractivity contribution in [2.24, 2.45) is 17.3 Å². The molecule has 1 aromatic carbocycles. The molecule has 0 saturated heterocycles. The summed E-state index contributed by atoms with van der Waals surface area (Å²) < 4.78 is 0. The van der Waals surface area contributed by atoms with E-state index in [-0.39, 0.29) is 16.9 Å². The maximum atomic E-state index is 13.5. The van der Waals surface area contributed by atoms with Crippen LogP contribution in [-0.2, 0) is 10.3 Å². The second-order valence-electron chi connectivity index (χ2n) is 9.42. The second kappa shape index (κ2) is 5.63. The van der Waals surface area contributed by atoms with Crippen LogP contribution in [0.4, 0.5) is 5.69 Å². The molecule has 27 heavy (non-hydrogen) atoms. The average molecular weight is 365 g/mol. The largest absolute Gasteiger partial charge is 0.326 e. The number of anilines is 1. The van der Waals surface area contributed by atoms with Crippen LogP contribution in [0.2, 0.25) is 0 Å². The van der Waals surface area contributed by atoms with Crippen molar-refractivity contribution in [1.29, 1.82) is 0 Å². The molecule has 2 aromatic rings. The summed E-state index contributed by atoms with van der Waals surface area (Å²) in [5.41, 5.74) is 2.83. The molecule has 4 saturated carbocycles. The van der Waals surface area contributed by atoms with E-state index in [1.54, 1.807) is 0 Å². The van der Waals surface area contributed by atoms with Gasteiger partial charge in [-0.1, -0.05) is 6.07 Å². The Hall–Kier alpha value is -2.24. The lowest BCUT2D eigenvalue weighted by Crippen LogP contribution is -2.60. The van der Waals surface area contributed by atoms with Gasteiger partial charge in [-0.3, -0.25) is 4.79 Å². The number of rotatable bonds is 3. The van der Waals surface area contributed by atoms with E-state index < -0.39 is 0 Å². The van der Waals surface area contributed by atoms with Gasteiger partial charge in [0.05, 0.1) is 11.0 Å². The lowest BCUT2D eigenvalue weighted by molar-refractivity contribution is -0.152. The van der Waals surface area contributed by atoms with Crippen LogP contribution in [0.15, 0.2) is 18.2 Å². The van der Waals surface area contributed by atoms with Gasteiger partial charge in [-0.15, -0.1) is 10.2 Å². The van der Waals surface area contributed by atoms with Gasteiger partial charge in [-0.05, 0) is 99.6 Å². The van der Waals surface area contributed by atoms with Gasteiger partial charge in [0, 0.05) is 5.69 Å². The quantitative estimate of drug-likeness (QED) is 0.903. The molecule has 4 aliphatic carbocycles. The number of aryl methyl sites for hydroxylation is 3. The highest BCUT2D eigenvalue weighted by Crippen LogP contribution is 2.64. The van der Waals surface area contributed by atoms with Crippen LogP contribution in [0, 0.1) is 38.0 Å². The molecule has 0 unspecified atom stereocenters. The highest BCUT2D eigenvalue weighted by Gasteiger charge is 2.62. The zero-order valence-electron chi connectivity index (χ0n) is 16.3. The van der Waals surface area contributed by atoms with Gasteiger partial charge >= 0.3 is 0 Å². The Morgan fingerprint density at radius 2 is 1.74 bits per heavy atom. The summed E-state index contributed by atoms with van der Waals surface area (Å²) in [6, 6.07) is 6.25. The van der Waals surface area contributed by atoms with Gasteiger partial charge in [-0.2, -0.15) is 4.80 Å². The maximum absolute atomic E-state index is 13.5. The normalized spacial score (nSPS) is 34.0. The summed E-state index contributed by atoms with van der Waals surface area (Å²) in [4.78, 5) is 15.3. The van der Waals surface area contributed by atoms with Crippen LogP contribution in [0.5, 0.6) is 0 Å². The number of hydrogen-bond donors (Lipinski definition) is 1. The fourth-order valence-corrected chi connectivity index (χ4v) is 6.51. The fourth-order valence-electron chi connectivity index (χ4n) is 6.51. The van der Waals surface area contributed by atoms with Gasteiger partial charge < -0.3 is 5.32 Å². The molecule has 0 spiro atoms. The van der Waals surface area contributed by atoms with Crippen LogP contribution in [-0.4, -0.2) is 26.1 Å². The lowest BCUT2D eigenvalue weighted by Gasteiger charge is -2.60. The maximum Gasteiger partial charge on any atom is 0.230 e. The minimum absolute atomic E-state index is 0.134. The predicted octanol–water partition coefficient (Wildman–Crippen LogP) is 3.53. The molecule has 142 valence electrons. The van der Waals surface area contributed by atoms with Crippen LogP contribution < -0.4 is 5.32 Å². The third-order valence-electron chi connectivity index (χ3n) is 6.93. The van der Waals surface area contributed by atoms with E-state index in [4.69, 9.17) is 0 Å². The molecule has 0 radical (unpaired) electrons. The Kier molecular flexibility index (Phi) is 3.52. The fraction of sp³-hybridized carbons (Fsp3) is 0.619. The van der Waals surface area contributed by atoms with E-state index in [0.29, 0.717) is 17.7 Å². The Morgan fingerprint density at radius 1 is 1.07 bits per heavy atom. The van der Waals surface area contributed by atoms with E-state index in [1.807, 2.05) is 11.7 Å². The first-order valence-corrected chi connectivity index (χ1v) is 10.0. The summed E-state index contributed by atoms with van der Waals surface area (Å²) >= 11 is 0. The van der Waals surface area contributed by atoms with Crippen molar-refractivity contribution in [3.05, 3.63) is 35.2 Å². The van der Waals surface area contributed by atoms with E-state index in [2.05, 4.69) is 52.8 Å². The molecule has 6 heteroatoms. The number of aromatic nitrogens is 4. The molecule has 1 heterocycles. The first-order chi connectivity index (χ1) is 12.9. The Balaban J connectivity index is 1.47. The lowest BCUT2D eigenvalue weighted by atomic mass is 9.46. The topological polar surface area (TPSA) is 72.7 Å².